The number of amides is 1. The summed E-state index contributed by atoms with van der Waals surface area (Å²) >= 11 is 0. The van der Waals surface area contributed by atoms with E-state index in [1.807, 2.05) is 80.0 Å². The van der Waals surface area contributed by atoms with E-state index in [-0.39, 0.29) is 5.91 Å². The number of anilines is 1. The zero-order valence-corrected chi connectivity index (χ0v) is 16.6. The Morgan fingerprint density at radius 1 is 0.929 bits per heavy atom. The number of nitrogens with one attached hydrogen (secondary N) is 1. The lowest BCUT2D eigenvalue weighted by Crippen LogP contribution is -2.14. The third-order valence-corrected chi connectivity index (χ3v) is 5.09. The number of hydrogen-bond donors (Lipinski definition) is 1. The van der Waals surface area contributed by atoms with Gasteiger partial charge in [-0.1, -0.05) is 35.9 Å². The van der Waals surface area contributed by atoms with Crippen LogP contribution >= 0.6 is 0 Å². The first-order chi connectivity index (χ1) is 13.4. The quantitative estimate of drug-likeness (QED) is 0.519. The highest BCUT2D eigenvalue weighted by molar-refractivity contribution is 6.06. The highest BCUT2D eigenvalue weighted by Gasteiger charge is 2.13. The smallest absolute Gasteiger partial charge is 0.255 e. The molecule has 0 aliphatic rings. The van der Waals surface area contributed by atoms with Gasteiger partial charge in [0.15, 0.2) is 0 Å². The Balaban J connectivity index is 1.68. The van der Waals surface area contributed by atoms with Gasteiger partial charge in [0, 0.05) is 29.2 Å². The molecular formula is C24H23N3O. The van der Waals surface area contributed by atoms with E-state index < -0.39 is 0 Å². The van der Waals surface area contributed by atoms with Crippen LogP contribution in [0.2, 0.25) is 0 Å². The van der Waals surface area contributed by atoms with Crippen molar-refractivity contribution in [1.82, 2.24) is 9.38 Å². The molecule has 2 heterocycles. The Morgan fingerprint density at radius 2 is 1.75 bits per heavy atom. The van der Waals surface area contributed by atoms with E-state index in [2.05, 4.69) is 18.3 Å². The third-order valence-electron chi connectivity index (χ3n) is 5.09. The average Bonchev–Trinajstić information content (AvgIpc) is 3.09. The Labute approximate surface area is 164 Å². The summed E-state index contributed by atoms with van der Waals surface area (Å²) < 4.78 is 2.03. The number of imidazole rings is 1. The second-order valence-electron chi connectivity index (χ2n) is 7.35. The zero-order valence-electron chi connectivity index (χ0n) is 16.6. The molecule has 0 fully saturated rings. The van der Waals surface area contributed by atoms with Crippen molar-refractivity contribution in [3.05, 3.63) is 88.7 Å². The molecule has 28 heavy (non-hydrogen) atoms. The summed E-state index contributed by atoms with van der Waals surface area (Å²) in [6.45, 7) is 8.04. The molecule has 0 aliphatic carbocycles. The minimum atomic E-state index is -0.0939. The Kier molecular flexibility index (Phi) is 4.47. The number of fused-ring (bicyclic) bond motifs is 1. The molecule has 4 rings (SSSR count). The van der Waals surface area contributed by atoms with Crippen LogP contribution in [0, 0.1) is 27.7 Å². The molecule has 2 aromatic carbocycles. The summed E-state index contributed by atoms with van der Waals surface area (Å²) in [5, 5.41) is 3.07. The summed E-state index contributed by atoms with van der Waals surface area (Å²) in [7, 11) is 0. The molecule has 0 saturated carbocycles. The van der Waals surface area contributed by atoms with Crippen molar-refractivity contribution >= 4 is 17.2 Å². The lowest BCUT2D eigenvalue weighted by molar-refractivity contribution is 0.102. The van der Waals surface area contributed by atoms with Crippen molar-refractivity contribution in [2.75, 3.05) is 5.32 Å². The van der Waals surface area contributed by atoms with E-state index in [4.69, 9.17) is 4.98 Å². The van der Waals surface area contributed by atoms with Crippen LogP contribution in [-0.4, -0.2) is 15.3 Å². The second-order valence-corrected chi connectivity index (χ2v) is 7.35. The summed E-state index contributed by atoms with van der Waals surface area (Å²) in [5.74, 6) is -0.0939. The average molecular weight is 369 g/mol. The van der Waals surface area contributed by atoms with Gasteiger partial charge in [-0.15, -0.1) is 0 Å². The lowest BCUT2D eigenvalue weighted by Gasteiger charge is -2.12. The summed E-state index contributed by atoms with van der Waals surface area (Å²) in [4.78, 5) is 17.6. The molecule has 0 aliphatic heterocycles. The normalized spacial score (nSPS) is 11.0. The molecule has 0 unspecified atom stereocenters. The summed E-state index contributed by atoms with van der Waals surface area (Å²) in [6.07, 6.45) is 4.01. The number of pyridine rings is 1. The van der Waals surface area contributed by atoms with Gasteiger partial charge >= 0.3 is 0 Å². The highest BCUT2D eigenvalue weighted by Crippen LogP contribution is 2.26. The van der Waals surface area contributed by atoms with Gasteiger partial charge in [0.2, 0.25) is 0 Å². The molecule has 140 valence electrons. The molecule has 0 saturated heterocycles. The maximum atomic E-state index is 12.8. The lowest BCUT2D eigenvalue weighted by atomic mass is 10.0. The number of aromatic nitrogens is 2. The van der Waals surface area contributed by atoms with Gasteiger partial charge in [0.1, 0.15) is 5.65 Å². The fourth-order valence-electron chi connectivity index (χ4n) is 3.47. The first-order valence-electron chi connectivity index (χ1n) is 9.36. The maximum absolute atomic E-state index is 12.8. The van der Waals surface area contributed by atoms with Gasteiger partial charge < -0.3 is 9.72 Å². The standard InChI is InChI=1S/C24H23N3O/c1-15-7-10-20(18(4)12-15)24(28)26-21-13-19(9-8-16(21)2)22-14-27-11-5-6-17(3)23(27)25-22/h5-14H,1-4H3,(H,26,28). The number of carbonyl (C=O) groups is 1. The van der Waals surface area contributed by atoms with Crippen molar-refractivity contribution in [2.45, 2.75) is 27.7 Å². The molecule has 4 heteroatoms. The van der Waals surface area contributed by atoms with Gasteiger partial charge in [-0.05, 0) is 62.6 Å². The predicted molar refractivity (Wildman–Crippen MR) is 114 cm³/mol. The summed E-state index contributed by atoms with van der Waals surface area (Å²) in [5.41, 5.74) is 8.57. The SMILES string of the molecule is Cc1ccc(C(=O)Nc2cc(-c3cn4cccc(C)c4n3)ccc2C)c(C)c1. The number of nitrogens with zero attached hydrogens (tertiary/aromatic N) is 2. The van der Waals surface area contributed by atoms with E-state index in [1.165, 1.54) is 0 Å². The minimum Gasteiger partial charge on any atom is -0.322 e. The van der Waals surface area contributed by atoms with Crippen molar-refractivity contribution in [3.8, 4) is 11.3 Å². The van der Waals surface area contributed by atoms with Crippen LogP contribution in [0.3, 0.4) is 0 Å². The number of carbonyl (C=O) groups excluding carboxylic acids is 1. The monoisotopic (exact) mass is 369 g/mol. The Morgan fingerprint density at radius 3 is 2.50 bits per heavy atom. The Bertz CT molecular complexity index is 1200. The van der Waals surface area contributed by atoms with Crippen LogP contribution in [0.15, 0.2) is 60.9 Å². The van der Waals surface area contributed by atoms with Crippen molar-refractivity contribution in [1.29, 1.82) is 0 Å². The fraction of sp³-hybridized carbons (Fsp3) is 0.167. The summed E-state index contributed by atoms with van der Waals surface area (Å²) in [6, 6.07) is 16.0. The molecular weight excluding hydrogens is 346 g/mol. The Hall–Kier alpha value is -3.40. The molecule has 2 aromatic heterocycles. The number of benzene rings is 2. The van der Waals surface area contributed by atoms with Crippen LogP contribution in [-0.2, 0) is 0 Å². The van der Waals surface area contributed by atoms with Crippen LogP contribution in [0.25, 0.3) is 16.9 Å². The van der Waals surface area contributed by atoms with E-state index in [1.54, 1.807) is 0 Å². The highest BCUT2D eigenvalue weighted by atomic mass is 16.1. The molecule has 0 spiro atoms. The maximum Gasteiger partial charge on any atom is 0.255 e. The van der Waals surface area contributed by atoms with Gasteiger partial charge in [-0.2, -0.15) is 0 Å². The third kappa shape index (κ3) is 3.29. The second kappa shape index (κ2) is 6.97. The van der Waals surface area contributed by atoms with E-state index in [0.717, 1.165) is 44.8 Å². The largest absolute Gasteiger partial charge is 0.322 e. The van der Waals surface area contributed by atoms with Crippen molar-refractivity contribution < 1.29 is 4.79 Å². The predicted octanol–water partition coefficient (Wildman–Crippen LogP) is 5.49. The van der Waals surface area contributed by atoms with Crippen LogP contribution < -0.4 is 5.32 Å². The minimum absolute atomic E-state index is 0.0939. The molecule has 4 aromatic rings. The molecule has 0 bridgehead atoms. The van der Waals surface area contributed by atoms with Gasteiger partial charge in [-0.3, -0.25) is 4.79 Å². The van der Waals surface area contributed by atoms with Crippen LogP contribution in [0.5, 0.6) is 0 Å². The molecule has 0 atom stereocenters. The van der Waals surface area contributed by atoms with E-state index in [0.29, 0.717) is 5.56 Å². The molecule has 4 nitrogen and oxygen atoms in total. The molecule has 1 amide bonds. The van der Waals surface area contributed by atoms with Crippen molar-refractivity contribution in [3.63, 3.8) is 0 Å². The van der Waals surface area contributed by atoms with Crippen molar-refractivity contribution in [2.24, 2.45) is 0 Å². The van der Waals surface area contributed by atoms with Gasteiger partial charge in [0.25, 0.3) is 5.91 Å². The fourth-order valence-corrected chi connectivity index (χ4v) is 3.47. The number of aryl methyl sites for hydroxylation is 4. The number of rotatable bonds is 3. The van der Waals surface area contributed by atoms with Crippen LogP contribution in [0.4, 0.5) is 5.69 Å². The van der Waals surface area contributed by atoms with E-state index >= 15 is 0 Å². The topological polar surface area (TPSA) is 46.4 Å². The first-order valence-corrected chi connectivity index (χ1v) is 9.36. The van der Waals surface area contributed by atoms with Gasteiger partial charge in [0.05, 0.1) is 5.69 Å². The molecule has 0 radical (unpaired) electrons. The van der Waals surface area contributed by atoms with E-state index in [9.17, 15) is 4.79 Å². The molecule has 1 N–H and O–H groups in total. The first kappa shape index (κ1) is 18.0. The van der Waals surface area contributed by atoms with Crippen LogP contribution in [0.1, 0.15) is 32.6 Å². The van der Waals surface area contributed by atoms with Gasteiger partial charge in [-0.25, -0.2) is 4.98 Å². The zero-order chi connectivity index (χ0) is 19.8. The number of hydrogen-bond acceptors (Lipinski definition) is 2.